The summed E-state index contributed by atoms with van der Waals surface area (Å²) in [6.45, 7) is 0. The number of nitrogen functional groups attached to an aromatic ring is 1. The van der Waals surface area contributed by atoms with E-state index < -0.39 is 0 Å². The van der Waals surface area contributed by atoms with Gasteiger partial charge in [0.15, 0.2) is 5.78 Å². The Morgan fingerprint density at radius 3 is 2.89 bits per heavy atom. The monoisotopic (exact) mass is 311 g/mol. The van der Waals surface area contributed by atoms with Crippen molar-refractivity contribution in [1.82, 2.24) is 9.78 Å². The van der Waals surface area contributed by atoms with E-state index in [1.165, 1.54) is 16.9 Å². The Morgan fingerprint density at radius 2 is 2.28 bits per heavy atom. The number of aromatic nitrogens is 2. The third-order valence-electron chi connectivity index (χ3n) is 2.67. The molecule has 2 N–H and O–H groups in total. The van der Waals surface area contributed by atoms with Gasteiger partial charge in [-0.1, -0.05) is 12.1 Å². The predicted molar refractivity (Wildman–Crippen MR) is 69.8 cm³/mol. The molecule has 1 aromatic carbocycles. The van der Waals surface area contributed by atoms with Gasteiger partial charge in [-0.15, -0.1) is 0 Å². The van der Waals surface area contributed by atoms with E-state index in [1.807, 2.05) is 0 Å². The van der Waals surface area contributed by atoms with Crippen LogP contribution in [0.5, 0.6) is 0 Å². The van der Waals surface area contributed by atoms with E-state index in [0.29, 0.717) is 21.4 Å². The van der Waals surface area contributed by atoms with Gasteiger partial charge in [-0.05, 0) is 27.6 Å². The van der Waals surface area contributed by atoms with Crippen molar-refractivity contribution in [1.29, 1.82) is 0 Å². The summed E-state index contributed by atoms with van der Waals surface area (Å²) in [5.74, 6) is -0.265. The molecule has 1 aromatic heterocycles. The van der Waals surface area contributed by atoms with Crippen LogP contribution in [-0.4, -0.2) is 15.6 Å². The lowest BCUT2D eigenvalue weighted by molar-refractivity contribution is 0.0993. The first-order valence-corrected chi connectivity index (χ1v) is 6.03. The summed E-state index contributed by atoms with van der Waals surface area (Å²) >= 11 is 3.13. The second-order valence-corrected chi connectivity index (χ2v) is 4.67. The second kappa shape index (κ2) is 4.89. The summed E-state index contributed by atoms with van der Waals surface area (Å²) in [5.41, 5.74) is 6.66. The third kappa shape index (κ3) is 2.28. The number of benzene rings is 1. The molecule has 0 spiro atoms. The van der Waals surface area contributed by atoms with Crippen LogP contribution in [0.25, 0.3) is 0 Å². The van der Waals surface area contributed by atoms with Gasteiger partial charge in [0.05, 0.1) is 16.2 Å². The van der Waals surface area contributed by atoms with E-state index in [-0.39, 0.29) is 18.0 Å². The molecule has 0 aliphatic heterocycles. The van der Waals surface area contributed by atoms with Crippen LogP contribution in [0, 0.1) is 5.82 Å². The predicted octanol–water partition coefficient (Wildman–Crippen LogP) is 2.33. The topological polar surface area (TPSA) is 60.9 Å². The summed E-state index contributed by atoms with van der Waals surface area (Å²) in [6.07, 6.45) is 1.50. The fourth-order valence-electron chi connectivity index (χ4n) is 1.62. The third-order valence-corrected chi connectivity index (χ3v) is 3.56. The Morgan fingerprint density at radius 1 is 1.56 bits per heavy atom. The molecule has 0 aliphatic rings. The standard InChI is InChI=1S/C12H11BrFN3O/c1-17-12(15)8(6-16-17)10(18)5-7-3-2-4-9(14)11(7)13/h2-4,6H,5,15H2,1H3. The molecular weight excluding hydrogens is 301 g/mol. The van der Waals surface area contributed by atoms with Crippen LogP contribution < -0.4 is 5.73 Å². The molecule has 94 valence electrons. The molecule has 0 aliphatic carbocycles. The molecule has 0 amide bonds. The van der Waals surface area contributed by atoms with Crippen molar-refractivity contribution < 1.29 is 9.18 Å². The first-order valence-electron chi connectivity index (χ1n) is 5.24. The van der Waals surface area contributed by atoms with Gasteiger partial charge in [-0.2, -0.15) is 5.10 Å². The highest BCUT2D eigenvalue weighted by molar-refractivity contribution is 9.10. The minimum Gasteiger partial charge on any atom is -0.383 e. The Kier molecular flexibility index (Phi) is 3.47. The van der Waals surface area contributed by atoms with Crippen molar-refractivity contribution in [3.05, 3.63) is 45.8 Å². The Bertz CT molecular complexity index is 609. The van der Waals surface area contributed by atoms with Gasteiger partial charge in [0.2, 0.25) is 0 Å². The van der Waals surface area contributed by atoms with Crippen LogP contribution in [0.1, 0.15) is 15.9 Å². The molecule has 0 saturated heterocycles. The molecule has 0 unspecified atom stereocenters. The second-order valence-electron chi connectivity index (χ2n) is 3.88. The van der Waals surface area contributed by atoms with Crippen molar-refractivity contribution in [3.8, 4) is 0 Å². The van der Waals surface area contributed by atoms with Crippen LogP contribution in [0.3, 0.4) is 0 Å². The fourth-order valence-corrected chi connectivity index (χ4v) is 2.02. The summed E-state index contributed by atoms with van der Waals surface area (Å²) in [7, 11) is 1.66. The molecule has 1 heterocycles. The number of hydrogen-bond acceptors (Lipinski definition) is 3. The number of carbonyl (C=O) groups excluding carboxylic acids is 1. The van der Waals surface area contributed by atoms with Crippen LogP contribution in [0.4, 0.5) is 10.2 Å². The van der Waals surface area contributed by atoms with E-state index in [1.54, 1.807) is 19.2 Å². The highest BCUT2D eigenvalue weighted by Crippen LogP contribution is 2.22. The van der Waals surface area contributed by atoms with Gasteiger partial charge in [0.1, 0.15) is 11.6 Å². The van der Waals surface area contributed by atoms with Gasteiger partial charge in [-0.3, -0.25) is 9.48 Å². The highest BCUT2D eigenvalue weighted by Gasteiger charge is 2.16. The molecule has 2 rings (SSSR count). The zero-order valence-corrected chi connectivity index (χ0v) is 11.2. The number of aryl methyl sites for hydroxylation is 1. The van der Waals surface area contributed by atoms with E-state index >= 15 is 0 Å². The number of hydrogen-bond donors (Lipinski definition) is 1. The SMILES string of the molecule is Cn1ncc(C(=O)Cc2cccc(F)c2Br)c1N. The Labute approximate surface area is 112 Å². The van der Waals surface area contributed by atoms with Gasteiger partial charge in [0, 0.05) is 13.5 Å². The number of carbonyl (C=O) groups is 1. The van der Waals surface area contributed by atoms with E-state index in [9.17, 15) is 9.18 Å². The van der Waals surface area contributed by atoms with E-state index in [2.05, 4.69) is 21.0 Å². The number of halogens is 2. The summed E-state index contributed by atoms with van der Waals surface area (Å²) in [4.78, 5) is 12.0. The molecule has 0 fully saturated rings. The molecule has 0 saturated carbocycles. The molecular formula is C12H11BrFN3O. The fraction of sp³-hybridized carbons (Fsp3) is 0.167. The summed E-state index contributed by atoms with van der Waals surface area (Å²) in [5, 5.41) is 3.90. The Hall–Kier alpha value is -1.69. The maximum atomic E-state index is 13.3. The Balaban J connectivity index is 2.27. The average molecular weight is 312 g/mol. The van der Waals surface area contributed by atoms with Gasteiger partial charge in [0.25, 0.3) is 0 Å². The summed E-state index contributed by atoms with van der Waals surface area (Å²) in [6, 6.07) is 4.59. The number of nitrogens with zero attached hydrogens (tertiary/aromatic N) is 2. The maximum absolute atomic E-state index is 13.3. The average Bonchev–Trinajstić information content (AvgIpc) is 2.66. The minimum absolute atomic E-state index is 0.0776. The molecule has 18 heavy (non-hydrogen) atoms. The van der Waals surface area contributed by atoms with Crippen LogP contribution in [0.2, 0.25) is 0 Å². The zero-order chi connectivity index (χ0) is 13.3. The van der Waals surface area contributed by atoms with Gasteiger partial charge in [-0.25, -0.2) is 4.39 Å². The number of ketones is 1. The lowest BCUT2D eigenvalue weighted by Gasteiger charge is -2.04. The quantitative estimate of drug-likeness (QED) is 0.885. The minimum atomic E-state index is -0.389. The first kappa shape index (κ1) is 12.8. The van der Waals surface area contributed by atoms with Crippen molar-refractivity contribution in [2.45, 2.75) is 6.42 Å². The molecule has 6 heteroatoms. The van der Waals surface area contributed by atoms with Gasteiger partial charge >= 0.3 is 0 Å². The molecule has 4 nitrogen and oxygen atoms in total. The lowest BCUT2D eigenvalue weighted by Crippen LogP contribution is -2.08. The van der Waals surface area contributed by atoms with Crippen LogP contribution in [0.15, 0.2) is 28.9 Å². The van der Waals surface area contributed by atoms with E-state index in [0.717, 1.165) is 0 Å². The van der Waals surface area contributed by atoms with Crippen molar-refractivity contribution in [2.75, 3.05) is 5.73 Å². The maximum Gasteiger partial charge on any atom is 0.172 e. The largest absolute Gasteiger partial charge is 0.383 e. The number of anilines is 1. The normalized spacial score (nSPS) is 10.6. The number of nitrogens with two attached hydrogens (primary N) is 1. The number of rotatable bonds is 3. The molecule has 0 bridgehead atoms. The van der Waals surface area contributed by atoms with Crippen molar-refractivity contribution in [2.24, 2.45) is 7.05 Å². The van der Waals surface area contributed by atoms with Crippen molar-refractivity contribution >= 4 is 27.5 Å². The lowest BCUT2D eigenvalue weighted by atomic mass is 10.0. The van der Waals surface area contributed by atoms with Crippen molar-refractivity contribution in [3.63, 3.8) is 0 Å². The highest BCUT2D eigenvalue weighted by atomic mass is 79.9. The van der Waals surface area contributed by atoms with Crippen LogP contribution in [-0.2, 0) is 13.5 Å². The molecule has 0 radical (unpaired) electrons. The van der Waals surface area contributed by atoms with Crippen LogP contribution >= 0.6 is 15.9 Å². The molecule has 2 aromatic rings. The zero-order valence-electron chi connectivity index (χ0n) is 9.65. The molecule has 0 atom stereocenters. The first-order chi connectivity index (χ1) is 8.50. The summed E-state index contributed by atoms with van der Waals surface area (Å²) < 4.78 is 15.0. The van der Waals surface area contributed by atoms with E-state index in [4.69, 9.17) is 5.73 Å². The van der Waals surface area contributed by atoms with Gasteiger partial charge < -0.3 is 5.73 Å². The smallest absolute Gasteiger partial charge is 0.172 e. The number of Topliss-reactive ketones (excluding diaryl/α,β-unsaturated/α-hetero) is 1.